The number of nitrogens with two attached hydrogens (primary N) is 1. The van der Waals surface area contributed by atoms with Gasteiger partial charge in [-0.2, -0.15) is 0 Å². The molecule has 1 heterocycles. The van der Waals surface area contributed by atoms with Crippen molar-refractivity contribution in [1.29, 1.82) is 0 Å². The Bertz CT molecular complexity index is 1110. The molecule has 0 spiro atoms. The summed E-state index contributed by atoms with van der Waals surface area (Å²) >= 11 is 0. The van der Waals surface area contributed by atoms with Crippen LogP contribution in [0.2, 0.25) is 0 Å². The molecule has 1 aliphatic heterocycles. The number of methoxy groups -OCH3 is 1. The summed E-state index contributed by atoms with van der Waals surface area (Å²) in [5.74, 6) is -1.65. The van der Waals surface area contributed by atoms with Gasteiger partial charge in [-0.3, -0.25) is 14.5 Å². The minimum absolute atomic E-state index is 0.425. The summed E-state index contributed by atoms with van der Waals surface area (Å²) in [5, 5.41) is 2.54. The highest BCUT2D eigenvalue weighted by atomic mass is 16.5. The minimum Gasteiger partial charge on any atom is -0.467 e. The summed E-state index contributed by atoms with van der Waals surface area (Å²) in [5.41, 5.74) is 7.36. The quantitative estimate of drug-likeness (QED) is 0.180. The Morgan fingerprint density at radius 3 is 2.17 bits per heavy atom. The van der Waals surface area contributed by atoms with Crippen molar-refractivity contribution in [1.82, 2.24) is 10.2 Å². The molecule has 1 unspecified atom stereocenters. The van der Waals surface area contributed by atoms with Crippen LogP contribution in [-0.2, 0) is 19.1 Å². The Morgan fingerprint density at radius 1 is 0.952 bits per heavy atom. The third-order valence-electron chi connectivity index (χ3n) is 7.54. The first-order chi connectivity index (χ1) is 20.4. The van der Waals surface area contributed by atoms with Gasteiger partial charge in [0.2, 0.25) is 11.8 Å². The van der Waals surface area contributed by atoms with Crippen molar-refractivity contribution < 1.29 is 19.1 Å². The van der Waals surface area contributed by atoms with Gasteiger partial charge in [-0.1, -0.05) is 101 Å². The highest BCUT2D eigenvalue weighted by molar-refractivity contribution is 6.06. The van der Waals surface area contributed by atoms with E-state index < -0.39 is 30.2 Å². The van der Waals surface area contributed by atoms with Crippen LogP contribution in [0.4, 0.5) is 11.4 Å². The fourth-order valence-corrected chi connectivity index (χ4v) is 5.23. The number of hydrogen-bond donors (Lipinski definition) is 2. The fourth-order valence-electron chi connectivity index (χ4n) is 5.23. The fraction of sp³-hybridized carbons (Fsp3) is 0.500. The number of nitrogen functional groups attached to an aromatic ring is 1. The third kappa shape index (κ3) is 11.3. The van der Waals surface area contributed by atoms with E-state index in [4.69, 9.17) is 10.5 Å². The maximum absolute atomic E-state index is 12.4. The summed E-state index contributed by atoms with van der Waals surface area (Å²) < 4.78 is 4.74. The van der Waals surface area contributed by atoms with Crippen LogP contribution in [0.3, 0.4) is 0 Å². The number of hydrogen-bond acceptors (Lipinski definition) is 6. The lowest BCUT2D eigenvalue weighted by molar-refractivity contribution is -0.145. The molecule has 8 heteroatoms. The van der Waals surface area contributed by atoms with Crippen molar-refractivity contribution in [3.8, 4) is 0 Å². The van der Waals surface area contributed by atoms with Gasteiger partial charge in [0.1, 0.15) is 6.42 Å². The average molecular weight is 579 g/mol. The van der Waals surface area contributed by atoms with E-state index in [0.29, 0.717) is 16.9 Å². The SMILES string of the molecule is C1=CCN(C2CCCCCCC2)CC1.CC.COC(=O)C(NC(=O)CC(=O)N(C)c1ccccc1N)c1ccccc1. The lowest BCUT2D eigenvalue weighted by Crippen LogP contribution is -2.38. The Labute approximate surface area is 252 Å². The van der Waals surface area contributed by atoms with Crippen LogP contribution in [0.5, 0.6) is 0 Å². The molecule has 42 heavy (non-hydrogen) atoms. The van der Waals surface area contributed by atoms with Crippen molar-refractivity contribution in [3.63, 3.8) is 0 Å². The molecule has 2 amide bonds. The average Bonchev–Trinajstić information content (AvgIpc) is 3.01. The second kappa shape index (κ2) is 19.5. The molecule has 0 radical (unpaired) electrons. The van der Waals surface area contributed by atoms with Crippen molar-refractivity contribution in [2.45, 2.75) is 83.7 Å². The minimum atomic E-state index is -0.978. The molecular formula is C34H50N4O4. The van der Waals surface area contributed by atoms with Gasteiger partial charge in [-0.15, -0.1) is 0 Å². The molecule has 0 saturated heterocycles. The van der Waals surface area contributed by atoms with Crippen LogP contribution in [0.1, 0.15) is 83.2 Å². The number of rotatable bonds is 7. The van der Waals surface area contributed by atoms with Gasteiger partial charge < -0.3 is 20.7 Å². The molecule has 8 nitrogen and oxygen atoms in total. The first-order valence-electron chi connectivity index (χ1n) is 15.3. The monoisotopic (exact) mass is 578 g/mol. The van der Waals surface area contributed by atoms with Gasteiger partial charge in [0.05, 0.1) is 18.5 Å². The van der Waals surface area contributed by atoms with Gasteiger partial charge in [-0.25, -0.2) is 4.79 Å². The zero-order valence-electron chi connectivity index (χ0n) is 25.9. The van der Waals surface area contributed by atoms with E-state index >= 15 is 0 Å². The van der Waals surface area contributed by atoms with Gasteiger partial charge >= 0.3 is 5.97 Å². The smallest absolute Gasteiger partial charge is 0.333 e. The lowest BCUT2D eigenvalue weighted by atomic mass is 9.95. The predicted octanol–water partition coefficient (Wildman–Crippen LogP) is 6.04. The van der Waals surface area contributed by atoms with E-state index in [1.54, 1.807) is 54.6 Å². The highest BCUT2D eigenvalue weighted by Crippen LogP contribution is 2.23. The number of nitrogens with one attached hydrogen (secondary N) is 1. The van der Waals surface area contributed by atoms with E-state index in [2.05, 4.69) is 22.4 Å². The lowest BCUT2D eigenvalue weighted by Gasteiger charge is -2.33. The number of nitrogens with zero attached hydrogens (tertiary/aromatic N) is 2. The zero-order chi connectivity index (χ0) is 30.7. The topological polar surface area (TPSA) is 105 Å². The molecule has 2 aliphatic rings. The van der Waals surface area contributed by atoms with E-state index in [0.717, 1.165) is 6.04 Å². The van der Waals surface area contributed by atoms with Gasteiger partial charge in [0.15, 0.2) is 6.04 Å². The number of benzene rings is 2. The maximum atomic E-state index is 12.4. The van der Waals surface area contributed by atoms with E-state index in [9.17, 15) is 14.4 Å². The van der Waals surface area contributed by atoms with E-state index in [1.807, 2.05) is 13.8 Å². The van der Waals surface area contributed by atoms with Crippen LogP contribution in [-0.4, -0.2) is 56.0 Å². The molecule has 1 atom stereocenters. The molecule has 1 aliphatic carbocycles. The molecule has 230 valence electrons. The predicted molar refractivity (Wildman–Crippen MR) is 171 cm³/mol. The largest absolute Gasteiger partial charge is 0.467 e. The molecule has 1 saturated carbocycles. The zero-order valence-corrected chi connectivity index (χ0v) is 25.9. The summed E-state index contributed by atoms with van der Waals surface area (Å²) in [7, 11) is 2.78. The second-order valence-corrected chi connectivity index (χ2v) is 10.4. The normalized spacial score (nSPS) is 16.2. The number of ether oxygens (including phenoxy) is 1. The summed E-state index contributed by atoms with van der Waals surface area (Å²) in [4.78, 5) is 40.6. The van der Waals surface area contributed by atoms with E-state index in [1.165, 1.54) is 83.5 Å². The molecule has 0 bridgehead atoms. The van der Waals surface area contributed by atoms with Crippen LogP contribution >= 0.6 is 0 Å². The molecule has 1 fully saturated rings. The Morgan fingerprint density at radius 2 is 1.57 bits per heavy atom. The van der Waals surface area contributed by atoms with Crippen molar-refractivity contribution in [2.24, 2.45) is 0 Å². The molecular weight excluding hydrogens is 528 g/mol. The van der Waals surface area contributed by atoms with E-state index in [-0.39, 0.29) is 0 Å². The number of esters is 1. The van der Waals surface area contributed by atoms with Gasteiger partial charge in [0.25, 0.3) is 0 Å². The first-order valence-corrected chi connectivity index (χ1v) is 15.3. The third-order valence-corrected chi connectivity index (χ3v) is 7.54. The Balaban J connectivity index is 0.000000322. The van der Waals surface area contributed by atoms with Crippen LogP contribution in [0, 0.1) is 0 Å². The molecule has 2 aromatic rings. The maximum Gasteiger partial charge on any atom is 0.333 e. The second-order valence-electron chi connectivity index (χ2n) is 10.4. The molecule has 2 aromatic carbocycles. The van der Waals surface area contributed by atoms with Gasteiger partial charge in [0, 0.05) is 26.2 Å². The van der Waals surface area contributed by atoms with Crippen LogP contribution < -0.4 is 16.0 Å². The molecule has 4 rings (SSSR count). The molecule has 0 aromatic heterocycles. The van der Waals surface area contributed by atoms with Crippen LogP contribution in [0.15, 0.2) is 66.7 Å². The Hall–Kier alpha value is -3.65. The van der Waals surface area contributed by atoms with Crippen molar-refractivity contribution >= 4 is 29.2 Å². The van der Waals surface area contributed by atoms with Gasteiger partial charge in [-0.05, 0) is 37.0 Å². The van der Waals surface area contributed by atoms with Crippen LogP contribution in [0.25, 0.3) is 0 Å². The summed E-state index contributed by atoms with van der Waals surface area (Å²) in [6.07, 6.45) is 15.8. The number of para-hydroxylation sites is 2. The summed E-state index contributed by atoms with van der Waals surface area (Å²) in [6, 6.07) is 15.5. The summed E-state index contributed by atoms with van der Waals surface area (Å²) in [6.45, 7) is 6.52. The number of carbonyl (C=O) groups excluding carboxylic acids is 3. The van der Waals surface area contributed by atoms with Crippen molar-refractivity contribution in [2.75, 3.05) is 37.9 Å². The van der Waals surface area contributed by atoms with Crippen molar-refractivity contribution in [3.05, 3.63) is 72.3 Å². The number of carbonyl (C=O) groups is 3. The highest BCUT2D eigenvalue weighted by Gasteiger charge is 2.25. The Kier molecular flexibility index (Phi) is 16.0. The standard InChI is InChI=1S/C19H21N3O4.C13H23N.C2H6/c1-22(15-11-7-6-10-14(15)20)17(24)12-16(23)21-18(19(25)26-2)13-8-4-3-5-9-13;1-2-5-9-13(10-6-3-1)14-11-7-4-8-12-14;1-2/h3-11,18H,12,20H2,1-2H3,(H,21,23);4,7,13H,1-3,5-6,8-12H2;1-2H3. The number of anilines is 2. The molecule has 3 N–H and O–H groups in total. The number of amides is 2. The first kappa shape index (κ1) is 34.6.